The van der Waals surface area contributed by atoms with Gasteiger partial charge in [0.25, 0.3) is 0 Å². The third kappa shape index (κ3) is 5.49. The highest BCUT2D eigenvalue weighted by Crippen LogP contribution is 2.27. The topological polar surface area (TPSA) is 91.5 Å². The van der Waals surface area contributed by atoms with Gasteiger partial charge in [-0.3, -0.25) is 0 Å². The van der Waals surface area contributed by atoms with E-state index in [2.05, 4.69) is 39.1 Å². The number of nitrogens with one attached hydrogen (secondary N) is 3. The van der Waals surface area contributed by atoms with Crippen LogP contribution >= 0.6 is 0 Å². The van der Waals surface area contributed by atoms with Gasteiger partial charge in [0.1, 0.15) is 0 Å². The summed E-state index contributed by atoms with van der Waals surface area (Å²) < 4.78 is 0. The van der Waals surface area contributed by atoms with Crippen molar-refractivity contribution >= 4 is 23.4 Å². The number of urea groups is 1. The Kier molecular flexibility index (Phi) is 6.53. The number of hydrogen-bond acceptors (Lipinski definition) is 2. The van der Waals surface area contributed by atoms with Crippen LogP contribution in [0.25, 0.3) is 0 Å². The average Bonchev–Trinajstić information content (AvgIpc) is 2.67. The van der Waals surface area contributed by atoms with E-state index in [4.69, 9.17) is 5.73 Å². The van der Waals surface area contributed by atoms with Crippen LogP contribution in [-0.2, 0) is 19.4 Å². The molecule has 0 fully saturated rings. The van der Waals surface area contributed by atoms with Gasteiger partial charge in [0.2, 0.25) is 0 Å². The summed E-state index contributed by atoms with van der Waals surface area (Å²) in [5.41, 5.74) is 11.7. The quantitative estimate of drug-likeness (QED) is 0.467. The molecule has 0 atom stereocenters. The molecular formula is C22H29N5O. The van der Waals surface area contributed by atoms with Crippen LogP contribution < -0.4 is 21.7 Å². The first-order valence-corrected chi connectivity index (χ1v) is 9.85. The van der Waals surface area contributed by atoms with E-state index in [1.54, 1.807) is 0 Å². The maximum Gasteiger partial charge on any atom is 0.319 e. The van der Waals surface area contributed by atoms with Crippen molar-refractivity contribution < 1.29 is 4.79 Å². The lowest BCUT2D eigenvalue weighted by molar-refractivity contribution is 0.250. The number of aliphatic imine (C=N–C) groups is 1. The molecular weight excluding hydrogens is 350 g/mol. The summed E-state index contributed by atoms with van der Waals surface area (Å²) >= 11 is 0. The number of hydrogen-bond donors (Lipinski definition) is 4. The number of carbonyl (C=O) groups is 1. The van der Waals surface area contributed by atoms with Crippen molar-refractivity contribution in [3.63, 3.8) is 0 Å². The maximum absolute atomic E-state index is 11.7. The van der Waals surface area contributed by atoms with E-state index in [1.807, 2.05) is 38.1 Å². The molecule has 6 nitrogen and oxygen atoms in total. The number of guanidine groups is 1. The lowest BCUT2D eigenvalue weighted by Gasteiger charge is -2.19. The Morgan fingerprint density at radius 1 is 1.07 bits per heavy atom. The van der Waals surface area contributed by atoms with Gasteiger partial charge in [0.15, 0.2) is 5.96 Å². The van der Waals surface area contributed by atoms with Crippen LogP contribution in [0.1, 0.15) is 43.4 Å². The van der Waals surface area contributed by atoms with Gasteiger partial charge in [-0.2, -0.15) is 0 Å². The Hall–Kier alpha value is -3.02. The molecule has 0 radical (unpaired) electrons. The first-order valence-electron chi connectivity index (χ1n) is 9.85. The molecule has 0 aliphatic heterocycles. The maximum atomic E-state index is 11.7. The van der Waals surface area contributed by atoms with Crippen LogP contribution in [0.15, 0.2) is 47.5 Å². The predicted octanol–water partition coefficient (Wildman–Crippen LogP) is 4.02. The fourth-order valence-corrected chi connectivity index (χ4v) is 3.38. The predicted molar refractivity (Wildman–Crippen MR) is 116 cm³/mol. The standard InChI is InChI=1S/C22H29N5O/c1-15(2)25-22(28)26-18-12-10-16(11-13-18)14-24-21(23)27-20-9-5-7-17-6-3-4-8-19(17)20/h5,7,9-13,15H,3-4,6,8,14H2,1-2H3,(H3,23,24,27)(H2,25,26,28). The summed E-state index contributed by atoms with van der Waals surface area (Å²) in [6.07, 6.45) is 4.70. The van der Waals surface area contributed by atoms with Crippen LogP contribution in [0, 0.1) is 0 Å². The Morgan fingerprint density at radius 3 is 2.57 bits per heavy atom. The minimum Gasteiger partial charge on any atom is -0.370 e. The summed E-state index contributed by atoms with van der Waals surface area (Å²) in [4.78, 5) is 16.2. The Bertz CT molecular complexity index is 843. The van der Waals surface area contributed by atoms with Crippen molar-refractivity contribution in [2.24, 2.45) is 10.7 Å². The van der Waals surface area contributed by atoms with Gasteiger partial charge in [-0.1, -0.05) is 24.3 Å². The Labute approximate surface area is 166 Å². The van der Waals surface area contributed by atoms with Crippen LogP contribution in [-0.4, -0.2) is 18.0 Å². The third-order valence-corrected chi connectivity index (χ3v) is 4.72. The van der Waals surface area contributed by atoms with Crippen LogP contribution in [0.2, 0.25) is 0 Å². The molecule has 0 saturated heterocycles. The molecule has 0 heterocycles. The van der Waals surface area contributed by atoms with Gasteiger partial charge in [0.05, 0.1) is 6.54 Å². The second kappa shape index (κ2) is 9.26. The van der Waals surface area contributed by atoms with Gasteiger partial charge in [0, 0.05) is 17.4 Å². The highest BCUT2D eigenvalue weighted by atomic mass is 16.2. The van der Waals surface area contributed by atoms with E-state index in [0.29, 0.717) is 12.5 Å². The van der Waals surface area contributed by atoms with Gasteiger partial charge in [-0.15, -0.1) is 0 Å². The molecule has 0 aromatic heterocycles. The molecule has 6 heteroatoms. The average molecular weight is 380 g/mol. The smallest absolute Gasteiger partial charge is 0.319 e. The van der Waals surface area contributed by atoms with Crippen molar-refractivity contribution in [2.45, 2.75) is 52.1 Å². The zero-order valence-corrected chi connectivity index (χ0v) is 16.6. The van der Waals surface area contributed by atoms with Crippen molar-refractivity contribution in [3.8, 4) is 0 Å². The zero-order chi connectivity index (χ0) is 19.9. The fraction of sp³-hybridized carbons (Fsp3) is 0.364. The molecule has 0 spiro atoms. The van der Waals surface area contributed by atoms with Crippen LogP contribution in [0.3, 0.4) is 0 Å². The highest BCUT2D eigenvalue weighted by molar-refractivity contribution is 5.93. The summed E-state index contributed by atoms with van der Waals surface area (Å²) in [6, 6.07) is 13.8. The number of rotatable bonds is 5. The lowest BCUT2D eigenvalue weighted by atomic mass is 9.90. The molecule has 5 N–H and O–H groups in total. The number of aryl methyl sites for hydroxylation is 1. The number of nitrogens with zero attached hydrogens (tertiary/aromatic N) is 1. The molecule has 2 aromatic carbocycles. The number of nitrogens with two attached hydrogens (primary N) is 1. The lowest BCUT2D eigenvalue weighted by Crippen LogP contribution is -2.34. The van der Waals surface area contributed by atoms with Crippen molar-refractivity contribution in [3.05, 3.63) is 59.2 Å². The molecule has 1 aliphatic carbocycles. The van der Waals surface area contributed by atoms with E-state index < -0.39 is 0 Å². The van der Waals surface area contributed by atoms with Crippen LogP contribution in [0.5, 0.6) is 0 Å². The zero-order valence-electron chi connectivity index (χ0n) is 16.6. The van der Waals surface area contributed by atoms with Gasteiger partial charge >= 0.3 is 6.03 Å². The molecule has 2 amide bonds. The second-order valence-corrected chi connectivity index (χ2v) is 7.43. The molecule has 148 valence electrons. The first kappa shape index (κ1) is 19.7. The Morgan fingerprint density at radius 2 is 1.82 bits per heavy atom. The molecule has 2 aromatic rings. The second-order valence-electron chi connectivity index (χ2n) is 7.43. The highest BCUT2D eigenvalue weighted by Gasteiger charge is 2.13. The largest absolute Gasteiger partial charge is 0.370 e. The first-order chi connectivity index (χ1) is 13.5. The minimum absolute atomic E-state index is 0.0966. The fourth-order valence-electron chi connectivity index (χ4n) is 3.38. The number of anilines is 2. The molecule has 3 rings (SSSR count). The van der Waals surface area contributed by atoms with Crippen molar-refractivity contribution in [1.29, 1.82) is 0 Å². The van der Waals surface area contributed by atoms with E-state index >= 15 is 0 Å². The summed E-state index contributed by atoms with van der Waals surface area (Å²) in [7, 11) is 0. The van der Waals surface area contributed by atoms with Gasteiger partial charge < -0.3 is 21.7 Å². The molecule has 0 unspecified atom stereocenters. The summed E-state index contributed by atoms with van der Waals surface area (Å²) in [5.74, 6) is 0.414. The Balaban J connectivity index is 1.57. The number of fused-ring (bicyclic) bond motifs is 1. The normalized spacial score (nSPS) is 13.8. The van der Waals surface area contributed by atoms with E-state index in [1.165, 1.54) is 24.0 Å². The molecule has 0 saturated carbocycles. The number of amides is 2. The monoisotopic (exact) mass is 379 g/mol. The molecule has 1 aliphatic rings. The van der Waals surface area contributed by atoms with Crippen molar-refractivity contribution in [2.75, 3.05) is 10.6 Å². The summed E-state index contributed by atoms with van der Waals surface area (Å²) in [6.45, 7) is 4.32. The molecule has 28 heavy (non-hydrogen) atoms. The summed E-state index contributed by atoms with van der Waals surface area (Å²) in [5, 5.41) is 8.86. The van der Waals surface area contributed by atoms with Gasteiger partial charge in [-0.25, -0.2) is 9.79 Å². The van der Waals surface area contributed by atoms with Gasteiger partial charge in [-0.05, 0) is 74.4 Å². The van der Waals surface area contributed by atoms with E-state index in [9.17, 15) is 4.79 Å². The van der Waals surface area contributed by atoms with Crippen molar-refractivity contribution in [1.82, 2.24) is 5.32 Å². The van der Waals surface area contributed by atoms with E-state index in [0.717, 1.165) is 29.8 Å². The SMILES string of the molecule is CC(C)NC(=O)Nc1ccc(CN=C(N)Nc2cccc3c2CCCC3)cc1. The number of benzene rings is 2. The van der Waals surface area contributed by atoms with E-state index in [-0.39, 0.29) is 12.1 Å². The molecule has 0 bridgehead atoms. The third-order valence-electron chi connectivity index (χ3n) is 4.72. The minimum atomic E-state index is -0.208. The number of carbonyl (C=O) groups excluding carboxylic acids is 1. The van der Waals surface area contributed by atoms with Crippen LogP contribution in [0.4, 0.5) is 16.2 Å².